The zero-order chi connectivity index (χ0) is 18.8. The molecule has 0 radical (unpaired) electrons. The number of aromatic nitrogens is 3. The summed E-state index contributed by atoms with van der Waals surface area (Å²) in [5.41, 5.74) is 1.28. The standard InChI is InChI=1S/C19H16ClN3O3S/c1-2-7-23-18(24)14-6-5-12(20)9-15(14)21-19(23)27-11-13-10-17(26-22-13)16-4-3-8-25-16/h3-6,8-10H,2,7,11H2,1H3. The second-order valence-corrected chi connectivity index (χ2v) is 7.34. The molecule has 3 aromatic heterocycles. The molecule has 27 heavy (non-hydrogen) atoms. The molecule has 0 N–H and O–H groups in total. The Morgan fingerprint density at radius 3 is 2.89 bits per heavy atom. The molecule has 0 atom stereocenters. The van der Waals surface area contributed by atoms with Gasteiger partial charge in [-0.1, -0.05) is 35.4 Å². The summed E-state index contributed by atoms with van der Waals surface area (Å²) < 4.78 is 12.3. The van der Waals surface area contributed by atoms with Gasteiger partial charge in [0, 0.05) is 23.4 Å². The van der Waals surface area contributed by atoms with Crippen LogP contribution in [0.15, 0.2) is 61.6 Å². The third-order valence-corrected chi connectivity index (χ3v) is 5.25. The largest absolute Gasteiger partial charge is 0.461 e. The molecule has 0 aliphatic heterocycles. The summed E-state index contributed by atoms with van der Waals surface area (Å²) >= 11 is 7.50. The fourth-order valence-corrected chi connectivity index (χ4v) is 3.83. The van der Waals surface area contributed by atoms with Crippen LogP contribution in [-0.2, 0) is 12.3 Å². The lowest BCUT2D eigenvalue weighted by Crippen LogP contribution is -2.23. The number of hydrogen-bond acceptors (Lipinski definition) is 6. The fraction of sp³-hybridized carbons (Fsp3) is 0.211. The maximum absolute atomic E-state index is 12.8. The Bertz CT molecular complexity index is 1140. The van der Waals surface area contributed by atoms with Gasteiger partial charge in [-0.15, -0.1) is 0 Å². The van der Waals surface area contributed by atoms with Crippen LogP contribution in [0.5, 0.6) is 0 Å². The van der Waals surface area contributed by atoms with Crippen LogP contribution in [-0.4, -0.2) is 14.7 Å². The summed E-state index contributed by atoms with van der Waals surface area (Å²) in [5, 5.41) is 5.83. The number of nitrogens with zero attached hydrogens (tertiary/aromatic N) is 3. The Balaban J connectivity index is 1.64. The third kappa shape index (κ3) is 3.65. The van der Waals surface area contributed by atoms with Gasteiger partial charge in [-0.3, -0.25) is 9.36 Å². The maximum atomic E-state index is 12.8. The molecule has 0 spiro atoms. The van der Waals surface area contributed by atoms with Crippen molar-refractivity contribution in [2.75, 3.05) is 0 Å². The maximum Gasteiger partial charge on any atom is 0.262 e. The van der Waals surface area contributed by atoms with Crippen molar-refractivity contribution in [1.29, 1.82) is 0 Å². The van der Waals surface area contributed by atoms with E-state index >= 15 is 0 Å². The first-order valence-electron chi connectivity index (χ1n) is 8.48. The second kappa shape index (κ2) is 7.62. The van der Waals surface area contributed by atoms with Crippen LogP contribution in [0.3, 0.4) is 0 Å². The van der Waals surface area contributed by atoms with Gasteiger partial charge in [-0.2, -0.15) is 0 Å². The highest BCUT2D eigenvalue weighted by Crippen LogP contribution is 2.26. The van der Waals surface area contributed by atoms with E-state index in [1.165, 1.54) is 11.8 Å². The Morgan fingerprint density at radius 1 is 1.22 bits per heavy atom. The molecule has 0 saturated heterocycles. The monoisotopic (exact) mass is 401 g/mol. The number of halogens is 1. The van der Waals surface area contributed by atoms with E-state index in [0.717, 1.165) is 12.1 Å². The Hall–Kier alpha value is -2.51. The zero-order valence-electron chi connectivity index (χ0n) is 14.5. The van der Waals surface area contributed by atoms with Crippen molar-refractivity contribution in [2.24, 2.45) is 0 Å². The lowest BCUT2D eigenvalue weighted by atomic mass is 10.2. The van der Waals surface area contributed by atoms with Crippen LogP contribution in [0.2, 0.25) is 5.02 Å². The average molecular weight is 402 g/mol. The molecule has 138 valence electrons. The van der Waals surface area contributed by atoms with Gasteiger partial charge >= 0.3 is 0 Å². The molecule has 6 nitrogen and oxygen atoms in total. The van der Waals surface area contributed by atoms with Crippen LogP contribution >= 0.6 is 23.4 Å². The summed E-state index contributed by atoms with van der Waals surface area (Å²) in [5.74, 6) is 1.71. The minimum Gasteiger partial charge on any atom is -0.461 e. The van der Waals surface area contributed by atoms with E-state index in [1.54, 1.807) is 35.1 Å². The van der Waals surface area contributed by atoms with Crippen LogP contribution in [0.25, 0.3) is 22.4 Å². The molecule has 0 bridgehead atoms. The second-order valence-electron chi connectivity index (χ2n) is 5.96. The normalized spacial score (nSPS) is 11.3. The molecule has 4 aromatic rings. The number of hydrogen-bond donors (Lipinski definition) is 0. The highest BCUT2D eigenvalue weighted by molar-refractivity contribution is 7.98. The van der Waals surface area contributed by atoms with E-state index in [2.05, 4.69) is 10.1 Å². The summed E-state index contributed by atoms with van der Waals surface area (Å²) in [6.07, 6.45) is 2.42. The van der Waals surface area contributed by atoms with Gasteiger partial charge in [-0.25, -0.2) is 4.98 Å². The number of thioether (sulfide) groups is 1. The van der Waals surface area contributed by atoms with Crippen LogP contribution in [0, 0.1) is 0 Å². The van der Waals surface area contributed by atoms with Gasteiger partial charge < -0.3 is 8.94 Å². The molecule has 4 rings (SSSR count). The van der Waals surface area contributed by atoms with Crippen molar-refractivity contribution in [3.8, 4) is 11.5 Å². The molecule has 3 heterocycles. The predicted molar refractivity (Wildman–Crippen MR) is 105 cm³/mol. The summed E-state index contributed by atoms with van der Waals surface area (Å²) in [7, 11) is 0. The molecule has 0 aliphatic rings. The van der Waals surface area contributed by atoms with Gasteiger partial charge in [0.05, 0.1) is 22.9 Å². The Morgan fingerprint density at radius 2 is 2.11 bits per heavy atom. The first kappa shape index (κ1) is 17.9. The number of rotatable bonds is 6. The molecule has 8 heteroatoms. The number of fused-ring (bicyclic) bond motifs is 1. The zero-order valence-corrected chi connectivity index (χ0v) is 16.1. The molecular weight excluding hydrogens is 386 g/mol. The van der Waals surface area contributed by atoms with Gasteiger partial charge in [0.1, 0.15) is 0 Å². The van der Waals surface area contributed by atoms with E-state index < -0.39 is 0 Å². The van der Waals surface area contributed by atoms with Gasteiger partial charge in [0.2, 0.25) is 5.76 Å². The van der Waals surface area contributed by atoms with E-state index in [9.17, 15) is 4.79 Å². The molecule has 0 fully saturated rings. The summed E-state index contributed by atoms with van der Waals surface area (Å²) in [6, 6.07) is 10.6. The highest BCUT2D eigenvalue weighted by atomic mass is 35.5. The molecule has 1 aromatic carbocycles. The van der Waals surface area contributed by atoms with Gasteiger partial charge in [0.15, 0.2) is 10.9 Å². The third-order valence-electron chi connectivity index (χ3n) is 4.00. The lowest BCUT2D eigenvalue weighted by Gasteiger charge is -2.11. The number of benzene rings is 1. The van der Waals surface area contributed by atoms with Crippen LogP contribution < -0.4 is 5.56 Å². The van der Waals surface area contributed by atoms with Crippen molar-refractivity contribution in [3.05, 3.63) is 63.7 Å². The minimum atomic E-state index is -0.0579. The van der Waals surface area contributed by atoms with E-state index in [1.807, 2.05) is 19.1 Å². The smallest absolute Gasteiger partial charge is 0.262 e. The Labute approximate surface area is 164 Å². The van der Waals surface area contributed by atoms with Gasteiger partial charge in [0.25, 0.3) is 5.56 Å². The van der Waals surface area contributed by atoms with Crippen molar-refractivity contribution in [2.45, 2.75) is 30.8 Å². The van der Waals surface area contributed by atoms with Gasteiger partial charge in [-0.05, 0) is 36.8 Å². The molecule has 0 saturated carbocycles. The topological polar surface area (TPSA) is 74.1 Å². The fourth-order valence-electron chi connectivity index (χ4n) is 2.76. The first-order chi connectivity index (χ1) is 13.2. The van der Waals surface area contributed by atoms with Crippen LogP contribution in [0.4, 0.5) is 0 Å². The predicted octanol–water partition coefficient (Wildman–Crippen LogP) is 5.00. The van der Waals surface area contributed by atoms with Crippen molar-refractivity contribution in [3.63, 3.8) is 0 Å². The molecule has 0 amide bonds. The van der Waals surface area contributed by atoms with Crippen molar-refractivity contribution >= 4 is 34.3 Å². The van der Waals surface area contributed by atoms with Crippen molar-refractivity contribution < 1.29 is 8.94 Å². The van der Waals surface area contributed by atoms with E-state index in [0.29, 0.717) is 44.9 Å². The minimum absolute atomic E-state index is 0.0579. The first-order valence-corrected chi connectivity index (χ1v) is 9.84. The van der Waals surface area contributed by atoms with E-state index in [4.69, 9.17) is 20.5 Å². The molecule has 0 aliphatic carbocycles. The molecular formula is C19H16ClN3O3S. The summed E-state index contributed by atoms with van der Waals surface area (Å²) in [6.45, 7) is 2.63. The van der Waals surface area contributed by atoms with E-state index in [-0.39, 0.29) is 5.56 Å². The van der Waals surface area contributed by atoms with Crippen molar-refractivity contribution in [1.82, 2.24) is 14.7 Å². The number of furan rings is 1. The summed E-state index contributed by atoms with van der Waals surface area (Å²) in [4.78, 5) is 17.5. The highest BCUT2D eigenvalue weighted by Gasteiger charge is 2.14. The molecule has 0 unspecified atom stereocenters. The average Bonchev–Trinajstić information content (AvgIpc) is 3.34. The Kier molecular flexibility index (Phi) is 5.05. The lowest BCUT2D eigenvalue weighted by molar-refractivity contribution is 0.413. The van der Waals surface area contributed by atoms with Crippen LogP contribution in [0.1, 0.15) is 19.0 Å². The SMILES string of the molecule is CCCn1c(SCc2cc(-c3ccco3)on2)nc2cc(Cl)ccc2c1=O. The quantitative estimate of drug-likeness (QED) is 0.334.